The molecule has 18 rings (SSSR count). The highest BCUT2D eigenvalue weighted by Crippen LogP contribution is 2.66. The molecule has 0 amide bonds. The molecule has 0 fully saturated rings. The van der Waals surface area contributed by atoms with Crippen LogP contribution in [0.15, 0.2) is 303 Å². The van der Waals surface area contributed by atoms with Crippen LogP contribution in [0.25, 0.3) is 106 Å². The molecule has 0 radical (unpaired) electrons. The van der Waals surface area contributed by atoms with Gasteiger partial charge >= 0.3 is 0 Å². The number of anilines is 6. The van der Waals surface area contributed by atoms with Gasteiger partial charge in [0.15, 0.2) is 0 Å². The maximum absolute atomic E-state index is 2.59. The number of hydrogen-bond acceptors (Lipinski definition) is 4. The van der Waals surface area contributed by atoms with Crippen LogP contribution in [-0.4, -0.2) is 0 Å². The molecule has 0 saturated carbocycles. The Morgan fingerprint density at radius 1 is 0.235 bits per heavy atom. The normalized spacial score (nSPS) is 12.8. The minimum atomic E-state index is -0.648. The quantitative estimate of drug-likeness (QED) is 0.150. The third kappa shape index (κ3) is 7.04. The van der Waals surface area contributed by atoms with Crippen LogP contribution in [0.5, 0.6) is 0 Å². The van der Waals surface area contributed by atoms with E-state index in [1.165, 1.54) is 140 Å². The van der Waals surface area contributed by atoms with E-state index in [-0.39, 0.29) is 0 Å². The van der Waals surface area contributed by atoms with Crippen LogP contribution < -0.4 is 9.80 Å². The summed E-state index contributed by atoms with van der Waals surface area (Å²) in [6.07, 6.45) is 0. The fourth-order valence-corrected chi connectivity index (χ4v) is 17.2. The fourth-order valence-electron chi connectivity index (χ4n) is 14.8. The largest absolute Gasteiger partial charge is 0.309 e. The van der Waals surface area contributed by atoms with Gasteiger partial charge < -0.3 is 9.80 Å². The van der Waals surface area contributed by atoms with Crippen LogP contribution in [-0.2, 0) is 5.41 Å². The number of thiophene rings is 2. The predicted molar refractivity (Wildman–Crippen MR) is 364 cm³/mol. The molecule has 14 aromatic carbocycles. The molecule has 0 aliphatic heterocycles. The topological polar surface area (TPSA) is 6.48 Å². The molecule has 0 bridgehead atoms. The van der Waals surface area contributed by atoms with E-state index in [9.17, 15) is 0 Å². The van der Waals surface area contributed by atoms with Crippen LogP contribution in [0.4, 0.5) is 34.1 Å². The highest BCUT2D eigenvalue weighted by Gasteiger charge is 2.53. The van der Waals surface area contributed by atoms with Crippen molar-refractivity contribution < 1.29 is 0 Å². The Morgan fingerprint density at radius 2 is 0.588 bits per heavy atom. The van der Waals surface area contributed by atoms with Crippen molar-refractivity contribution in [2.24, 2.45) is 0 Å². The molecule has 0 atom stereocenters. The van der Waals surface area contributed by atoms with E-state index >= 15 is 0 Å². The SMILES string of the molecule is c1ccc(N(c2cccc(-c3cc4c(c5ccccc35)-c3c(cc(-c5cccc(N(c6ccccc6)c6cccc7c6sc6ccccc67)c5)c5ccccc35)C43c4ccccc4-c4ccccc43)c2)c2cccc3c2sc2ccccc23)cc1. The van der Waals surface area contributed by atoms with Crippen molar-refractivity contribution in [3.8, 4) is 44.5 Å². The molecule has 0 unspecified atom stereocenters. The van der Waals surface area contributed by atoms with E-state index < -0.39 is 5.41 Å². The molecule has 85 heavy (non-hydrogen) atoms. The van der Waals surface area contributed by atoms with Gasteiger partial charge in [0.25, 0.3) is 0 Å². The average molecular weight is 1120 g/mol. The molecular weight excluding hydrogens is 1070 g/mol. The van der Waals surface area contributed by atoms with Gasteiger partial charge in [0, 0.05) is 53.7 Å². The second-order valence-electron chi connectivity index (χ2n) is 22.6. The van der Waals surface area contributed by atoms with Gasteiger partial charge in [-0.05, 0) is 173 Å². The molecule has 4 heteroatoms. The molecule has 2 heterocycles. The third-order valence-electron chi connectivity index (χ3n) is 18.2. The van der Waals surface area contributed by atoms with Crippen molar-refractivity contribution >= 4 is 119 Å². The Morgan fingerprint density at radius 3 is 1.05 bits per heavy atom. The van der Waals surface area contributed by atoms with Gasteiger partial charge in [-0.2, -0.15) is 0 Å². The van der Waals surface area contributed by atoms with Crippen molar-refractivity contribution in [1.29, 1.82) is 0 Å². The number of nitrogens with zero attached hydrogens (tertiary/aromatic N) is 2. The summed E-state index contributed by atoms with van der Waals surface area (Å²) in [7, 11) is 0. The van der Waals surface area contributed by atoms with E-state index in [0.717, 1.165) is 22.7 Å². The summed E-state index contributed by atoms with van der Waals surface area (Å²) in [6, 6.07) is 114. The van der Waals surface area contributed by atoms with Crippen molar-refractivity contribution in [2.45, 2.75) is 5.41 Å². The van der Waals surface area contributed by atoms with Gasteiger partial charge in [-0.3, -0.25) is 0 Å². The zero-order chi connectivity index (χ0) is 55.7. The molecular formula is C81H50N2S2. The summed E-state index contributed by atoms with van der Waals surface area (Å²) in [4.78, 5) is 4.92. The van der Waals surface area contributed by atoms with Crippen LogP contribution >= 0.6 is 22.7 Å². The number of hydrogen-bond donors (Lipinski definition) is 0. The molecule has 2 nitrogen and oxygen atoms in total. The fraction of sp³-hybridized carbons (Fsp3) is 0.0123. The molecule has 0 saturated heterocycles. The molecule has 1 spiro atoms. The molecule has 396 valence electrons. The van der Waals surface area contributed by atoms with E-state index in [1.54, 1.807) is 0 Å². The predicted octanol–water partition coefficient (Wildman–Crippen LogP) is 23.3. The first kappa shape index (κ1) is 48.2. The van der Waals surface area contributed by atoms with Crippen LogP contribution in [0.3, 0.4) is 0 Å². The standard InChI is InChI=1S/C81H50N2S2/c1-3-25-53(26-4-1)82(73-43-21-39-65-61-35-13-17-45-75(61)84-79(65)73)55-29-19-23-51(47-55)67-49-71-77(63-37-9-7-31-57(63)67)78-64-38-10-8-32-58(64)68(50-72(78)81(71)69-41-15-11-33-59(69)60-34-12-16-42-70(60)81)52-24-20-30-56(48-52)83(54-27-5-2-6-28-54)74-44-22-40-66-62-36-14-18-46-76(62)85-80(66)74/h1-50H. The number of benzene rings is 14. The van der Waals surface area contributed by atoms with Crippen LogP contribution in [0.1, 0.15) is 22.3 Å². The highest BCUT2D eigenvalue weighted by atomic mass is 32.1. The molecule has 2 aromatic heterocycles. The van der Waals surface area contributed by atoms with E-state index in [4.69, 9.17) is 0 Å². The lowest BCUT2D eigenvalue weighted by Gasteiger charge is -2.32. The van der Waals surface area contributed by atoms with Gasteiger partial charge in [-0.1, -0.05) is 218 Å². The van der Waals surface area contributed by atoms with Gasteiger partial charge in [0.05, 0.1) is 26.2 Å². The smallest absolute Gasteiger partial charge is 0.0726 e. The third-order valence-corrected chi connectivity index (χ3v) is 20.6. The first-order valence-corrected chi connectivity index (χ1v) is 30.9. The van der Waals surface area contributed by atoms with Gasteiger partial charge in [0.1, 0.15) is 0 Å². The zero-order valence-corrected chi connectivity index (χ0v) is 47.7. The lowest BCUT2D eigenvalue weighted by Crippen LogP contribution is -2.26. The average Bonchev–Trinajstić information content (AvgIpc) is 1.52. The van der Waals surface area contributed by atoms with Gasteiger partial charge in [-0.15, -0.1) is 22.7 Å². The summed E-state index contributed by atoms with van der Waals surface area (Å²) in [5.41, 5.74) is 21.4. The summed E-state index contributed by atoms with van der Waals surface area (Å²) in [5.74, 6) is 0. The molecule has 0 N–H and O–H groups in total. The first-order valence-electron chi connectivity index (χ1n) is 29.2. The summed E-state index contributed by atoms with van der Waals surface area (Å²) >= 11 is 3.75. The monoisotopic (exact) mass is 1110 g/mol. The second kappa shape index (κ2) is 18.8. The second-order valence-corrected chi connectivity index (χ2v) is 24.7. The zero-order valence-electron chi connectivity index (χ0n) is 46.1. The highest BCUT2D eigenvalue weighted by molar-refractivity contribution is 7.26. The maximum atomic E-state index is 2.59. The Kier molecular flexibility index (Phi) is 10.7. The summed E-state index contributed by atoms with van der Waals surface area (Å²) < 4.78 is 5.13. The van der Waals surface area contributed by atoms with E-state index in [2.05, 4.69) is 313 Å². The van der Waals surface area contributed by atoms with E-state index in [0.29, 0.717) is 0 Å². The van der Waals surface area contributed by atoms with Gasteiger partial charge in [-0.25, -0.2) is 0 Å². The lowest BCUT2D eigenvalue weighted by atomic mass is 9.69. The van der Waals surface area contributed by atoms with Crippen molar-refractivity contribution in [3.63, 3.8) is 0 Å². The minimum Gasteiger partial charge on any atom is -0.309 e. The number of rotatable bonds is 8. The Labute approximate surface area is 500 Å². The van der Waals surface area contributed by atoms with E-state index in [1.807, 2.05) is 22.7 Å². The molecule has 2 aliphatic rings. The first-order chi connectivity index (χ1) is 42.2. The summed E-state index contributed by atoms with van der Waals surface area (Å²) in [5, 5.41) is 10.1. The Hall–Kier alpha value is -10.4. The maximum Gasteiger partial charge on any atom is 0.0726 e. The number of fused-ring (bicyclic) bond motifs is 20. The number of para-hydroxylation sites is 2. The molecule has 2 aliphatic carbocycles. The lowest BCUT2D eigenvalue weighted by molar-refractivity contribution is 0.795. The van der Waals surface area contributed by atoms with Crippen molar-refractivity contribution in [3.05, 3.63) is 326 Å². The van der Waals surface area contributed by atoms with Gasteiger partial charge in [0.2, 0.25) is 0 Å². The Bertz CT molecular complexity index is 5060. The van der Waals surface area contributed by atoms with Crippen LogP contribution in [0.2, 0.25) is 0 Å². The molecule has 16 aromatic rings. The van der Waals surface area contributed by atoms with Crippen LogP contribution in [0, 0.1) is 0 Å². The Balaban J connectivity index is 0.880. The van der Waals surface area contributed by atoms with Crippen molar-refractivity contribution in [1.82, 2.24) is 0 Å². The summed E-state index contributed by atoms with van der Waals surface area (Å²) in [6.45, 7) is 0. The minimum absolute atomic E-state index is 0.648. The van der Waals surface area contributed by atoms with Crippen molar-refractivity contribution in [2.75, 3.05) is 9.80 Å².